The van der Waals surface area contributed by atoms with Gasteiger partial charge in [-0.2, -0.15) is 0 Å². The molecule has 106 valence electrons. The van der Waals surface area contributed by atoms with Crippen LogP contribution in [-0.2, 0) is 9.84 Å². The molecule has 0 bridgehead atoms. The fraction of sp³-hybridized carbons (Fsp3) is 0.333. The van der Waals surface area contributed by atoms with Crippen molar-refractivity contribution in [3.8, 4) is 0 Å². The van der Waals surface area contributed by atoms with E-state index in [2.05, 4.69) is 5.32 Å². The van der Waals surface area contributed by atoms with Gasteiger partial charge in [0.25, 0.3) is 11.8 Å². The summed E-state index contributed by atoms with van der Waals surface area (Å²) >= 11 is 0.867. The molecule has 0 aliphatic rings. The smallest absolute Gasteiger partial charge is 0.260 e. The molecule has 1 aromatic heterocycles. The molecule has 2 amide bonds. The van der Waals surface area contributed by atoms with E-state index >= 15 is 0 Å². The normalized spacial score (nSPS) is 11.2. The Morgan fingerprint density at radius 3 is 2.26 bits per heavy atom. The number of amides is 2. The van der Waals surface area contributed by atoms with Gasteiger partial charge in [-0.05, 0) is 0 Å². The molecule has 1 heterocycles. The van der Waals surface area contributed by atoms with Gasteiger partial charge >= 0.3 is 0 Å². The lowest BCUT2D eigenvalue weighted by Gasteiger charge is -2.04. The van der Waals surface area contributed by atoms with E-state index in [1.165, 1.54) is 0 Å². The fourth-order valence-electron chi connectivity index (χ4n) is 1.35. The number of carbonyl (C=O) groups excluding carboxylic acids is 2. The lowest BCUT2D eigenvalue weighted by molar-refractivity contribution is 0.0999. The number of hydrogen-bond donors (Lipinski definition) is 4. The first-order chi connectivity index (χ1) is 8.63. The summed E-state index contributed by atoms with van der Waals surface area (Å²) in [6, 6.07) is 0. The third-order valence-electron chi connectivity index (χ3n) is 2.17. The van der Waals surface area contributed by atoms with Gasteiger partial charge in [-0.1, -0.05) is 0 Å². The zero-order valence-electron chi connectivity index (χ0n) is 10.1. The number of primary amides is 2. The van der Waals surface area contributed by atoms with Crippen LogP contribution in [0.3, 0.4) is 0 Å². The number of nitrogen functional groups attached to an aromatic ring is 1. The standard InChI is InChI=1S/C9H14N4O4S2/c1-19(16,17)3-2-13-9-4(7(11)14)5(10)6(18-9)8(12)15/h13H,2-3,10H2,1H3,(H2,11,14)(H2,12,15). The summed E-state index contributed by atoms with van der Waals surface area (Å²) in [5.74, 6) is -1.72. The summed E-state index contributed by atoms with van der Waals surface area (Å²) in [4.78, 5) is 22.4. The molecule has 0 atom stereocenters. The first-order valence-electron chi connectivity index (χ1n) is 5.07. The van der Waals surface area contributed by atoms with Crippen molar-refractivity contribution in [3.63, 3.8) is 0 Å². The van der Waals surface area contributed by atoms with Crippen LogP contribution in [0.25, 0.3) is 0 Å². The molecule has 0 radical (unpaired) electrons. The van der Waals surface area contributed by atoms with Crippen LogP contribution < -0.4 is 22.5 Å². The lowest BCUT2D eigenvalue weighted by Crippen LogP contribution is -2.18. The Balaban J connectivity index is 3.03. The Hall–Kier alpha value is -1.81. The maximum Gasteiger partial charge on any atom is 0.260 e. The van der Waals surface area contributed by atoms with Gasteiger partial charge in [0.1, 0.15) is 19.7 Å². The minimum atomic E-state index is -3.14. The average Bonchev–Trinajstić information content (AvgIpc) is 2.53. The number of rotatable bonds is 6. The number of nitrogens with one attached hydrogen (secondary N) is 1. The van der Waals surface area contributed by atoms with Gasteiger partial charge in [-0.15, -0.1) is 11.3 Å². The average molecular weight is 306 g/mol. The van der Waals surface area contributed by atoms with Gasteiger partial charge in [0, 0.05) is 12.8 Å². The second kappa shape index (κ2) is 5.45. The minimum absolute atomic E-state index is 0.00987. The zero-order valence-corrected chi connectivity index (χ0v) is 11.7. The molecule has 0 unspecified atom stereocenters. The van der Waals surface area contributed by atoms with Gasteiger partial charge < -0.3 is 22.5 Å². The third-order valence-corrected chi connectivity index (χ3v) is 4.30. The molecule has 7 N–H and O–H groups in total. The molecule has 0 aromatic carbocycles. The number of thiophene rings is 1. The monoisotopic (exact) mass is 306 g/mol. The molecule has 8 nitrogen and oxygen atoms in total. The Morgan fingerprint density at radius 2 is 1.84 bits per heavy atom. The van der Waals surface area contributed by atoms with Gasteiger partial charge in [0.15, 0.2) is 0 Å². The van der Waals surface area contributed by atoms with E-state index < -0.39 is 21.7 Å². The SMILES string of the molecule is CS(=O)(=O)CCNc1sc(C(N)=O)c(N)c1C(N)=O. The van der Waals surface area contributed by atoms with Crippen LogP contribution in [0.1, 0.15) is 20.0 Å². The van der Waals surface area contributed by atoms with Crippen molar-refractivity contribution in [1.82, 2.24) is 0 Å². The van der Waals surface area contributed by atoms with Crippen molar-refractivity contribution in [2.75, 3.05) is 29.6 Å². The van der Waals surface area contributed by atoms with Crippen molar-refractivity contribution < 1.29 is 18.0 Å². The molecule has 0 saturated heterocycles. The molecule has 0 fully saturated rings. The van der Waals surface area contributed by atoms with E-state index in [1.54, 1.807) is 0 Å². The van der Waals surface area contributed by atoms with Gasteiger partial charge in [0.05, 0.1) is 17.0 Å². The van der Waals surface area contributed by atoms with E-state index in [4.69, 9.17) is 17.2 Å². The number of anilines is 2. The second-order valence-corrected chi connectivity index (χ2v) is 7.11. The van der Waals surface area contributed by atoms with E-state index in [1.807, 2.05) is 0 Å². The van der Waals surface area contributed by atoms with Crippen molar-refractivity contribution in [3.05, 3.63) is 10.4 Å². The molecule has 19 heavy (non-hydrogen) atoms. The Bertz CT molecular complexity index is 620. The van der Waals surface area contributed by atoms with Crippen molar-refractivity contribution in [2.45, 2.75) is 0 Å². The summed E-state index contributed by atoms with van der Waals surface area (Å²) < 4.78 is 22.0. The summed E-state index contributed by atoms with van der Waals surface area (Å²) in [6.45, 7) is 0.0667. The van der Waals surface area contributed by atoms with Gasteiger partial charge in [-0.25, -0.2) is 8.42 Å². The number of sulfone groups is 1. The van der Waals surface area contributed by atoms with E-state index in [0.717, 1.165) is 17.6 Å². The maximum absolute atomic E-state index is 11.3. The highest BCUT2D eigenvalue weighted by Gasteiger charge is 2.22. The molecular formula is C9H14N4O4S2. The van der Waals surface area contributed by atoms with Gasteiger partial charge in [-0.3, -0.25) is 9.59 Å². The van der Waals surface area contributed by atoms with Crippen LogP contribution in [0.4, 0.5) is 10.7 Å². The fourth-order valence-corrected chi connectivity index (χ4v) is 2.82. The Labute approximate surface area is 113 Å². The molecule has 10 heteroatoms. The van der Waals surface area contributed by atoms with Crippen molar-refractivity contribution in [1.29, 1.82) is 0 Å². The molecule has 0 aliphatic heterocycles. The summed E-state index contributed by atoms with van der Waals surface area (Å²) in [7, 11) is -3.14. The van der Waals surface area contributed by atoms with E-state index in [0.29, 0.717) is 0 Å². The van der Waals surface area contributed by atoms with Crippen LogP contribution in [0.15, 0.2) is 0 Å². The highest BCUT2D eigenvalue weighted by atomic mass is 32.2. The Morgan fingerprint density at radius 1 is 1.26 bits per heavy atom. The second-order valence-electron chi connectivity index (χ2n) is 3.83. The lowest BCUT2D eigenvalue weighted by atomic mass is 10.2. The summed E-state index contributed by atoms with van der Waals surface area (Å²) in [6.07, 6.45) is 1.08. The van der Waals surface area contributed by atoms with Crippen molar-refractivity contribution in [2.24, 2.45) is 11.5 Å². The Kier molecular flexibility index (Phi) is 4.37. The molecule has 0 aliphatic carbocycles. The van der Waals surface area contributed by atoms with Crippen LogP contribution >= 0.6 is 11.3 Å². The predicted octanol–water partition coefficient (Wildman–Crippen LogP) is -1.02. The van der Waals surface area contributed by atoms with Crippen molar-refractivity contribution >= 4 is 43.7 Å². The molecule has 0 spiro atoms. The highest BCUT2D eigenvalue weighted by molar-refractivity contribution is 7.90. The maximum atomic E-state index is 11.3. The molecule has 0 saturated carbocycles. The highest BCUT2D eigenvalue weighted by Crippen LogP contribution is 2.34. The van der Waals surface area contributed by atoms with Crippen LogP contribution in [0.2, 0.25) is 0 Å². The number of nitrogens with two attached hydrogens (primary N) is 3. The first kappa shape index (κ1) is 15.2. The molecule has 1 rings (SSSR count). The first-order valence-corrected chi connectivity index (χ1v) is 7.94. The summed E-state index contributed by atoms with van der Waals surface area (Å²) in [5, 5.41) is 2.96. The topological polar surface area (TPSA) is 158 Å². The van der Waals surface area contributed by atoms with Crippen LogP contribution in [-0.4, -0.2) is 38.8 Å². The summed E-state index contributed by atoms with van der Waals surface area (Å²) in [5.41, 5.74) is 15.7. The van der Waals surface area contributed by atoms with Gasteiger partial charge in [0.2, 0.25) is 0 Å². The molecular weight excluding hydrogens is 292 g/mol. The largest absolute Gasteiger partial charge is 0.397 e. The van der Waals surface area contributed by atoms with Crippen LogP contribution in [0.5, 0.6) is 0 Å². The predicted molar refractivity (Wildman–Crippen MR) is 74.0 cm³/mol. The quantitative estimate of drug-likeness (QED) is 0.526. The van der Waals surface area contributed by atoms with E-state index in [-0.39, 0.29) is 33.4 Å². The van der Waals surface area contributed by atoms with Crippen LogP contribution in [0, 0.1) is 0 Å². The molecule has 1 aromatic rings. The number of hydrogen-bond acceptors (Lipinski definition) is 7. The zero-order chi connectivity index (χ0) is 14.8. The van der Waals surface area contributed by atoms with E-state index in [9.17, 15) is 18.0 Å². The number of carbonyl (C=O) groups is 2. The third kappa shape index (κ3) is 3.83. The minimum Gasteiger partial charge on any atom is -0.397 e.